The average molecular weight is 289 g/mol. The Labute approximate surface area is 116 Å². The number of halogens is 3. The Morgan fingerprint density at radius 1 is 1.30 bits per heavy atom. The van der Waals surface area contributed by atoms with Gasteiger partial charge in [-0.1, -0.05) is 17.7 Å². The number of alkyl halides is 3. The lowest BCUT2D eigenvalue weighted by molar-refractivity contribution is -0.161. The van der Waals surface area contributed by atoms with Gasteiger partial charge in [0.05, 0.1) is 0 Å². The van der Waals surface area contributed by atoms with E-state index in [0.717, 1.165) is 16.0 Å². The number of benzene rings is 1. The van der Waals surface area contributed by atoms with Crippen molar-refractivity contribution < 1.29 is 22.7 Å². The van der Waals surface area contributed by atoms with Gasteiger partial charge in [0.25, 0.3) is 5.91 Å². The van der Waals surface area contributed by atoms with E-state index in [4.69, 9.17) is 4.74 Å². The smallest absolute Gasteiger partial charge is 0.406 e. The molecule has 0 spiro atoms. The van der Waals surface area contributed by atoms with Crippen LogP contribution < -0.4 is 4.74 Å². The van der Waals surface area contributed by atoms with E-state index in [2.05, 4.69) is 0 Å². The van der Waals surface area contributed by atoms with E-state index in [1.165, 1.54) is 6.92 Å². The molecular formula is C14H18F3NO2. The van der Waals surface area contributed by atoms with Crippen molar-refractivity contribution in [3.8, 4) is 5.75 Å². The molecule has 0 radical (unpaired) electrons. The monoisotopic (exact) mass is 289 g/mol. The SMILES string of the molecule is CCN(CC(F)(F)F)C(=O)COc1ccc(C)cc1C. The molecule has 0 saturated carbocycles. The van der Waals surface area contributed by atoms with Crippen molar-refractivity contribution in [1.82, 2.24) is 4.90 Å². The third kappa shape index (κ3) is 5.11. The second kappa shape index (κ2) is 6.63. The molecule has 0 saturated heterocycles. The number of nitrogens with zero attached hydrogens (tertiary/aromatic N) is 1. The number of hydrogen-bond donors (Lipinski definition) is 0. The molecule has 20 heavy (non-hydrogen) atoms. The minimum absolute atomic E-state index is 0.00537. The second-order valence-corrected chi connectivity index (χ2v) is 4.58. The lowest BCUT2D eigenvalue weighted by Crippen LogP contribution is -2.41. The summed E-state index contributed by atoms with van der Waals surface area (Å²) in [6.07, 6.45) is -4.40. The summed E-state index contributed by atoms with van der Waals surface area (Å²) in [7, 11) is 0. The summed E-state index contributed by atoms with van der Waals surface area (Å²) >= 11 is 0. The lowest BCUT2D eigenvalue weighted by Gasteiger charge is -2.22. The van der Waals surface area contributed by atoms with E-state index in [-0.39, 0.29) is 6.54 Å². The van der Waals surface area contributed by atoms with Crippen LogP contribution in [0.15, 0.2) is 18.2 Å². The molecule has 1 aromatic carbocycles. The molecule has 3 nitrogen and oxygen atoms in total. The van der Waals surface area contributed by atoms with E-state index in [9.17, 15) is 18.0 Å². The van der Waals surface area contributed by atoms with Gasteiger partial charge in [-0.25, -0.2) is 0 Å². The van der Waals surface area contributed by atoms with Crippen LogP contribution in [-0.4, -0.2) is 36.7 Å². The Bertz CT molecular complexity index is 472. The molecule has 0 atom stereocenters. The number of hydrogen-bond acceptors (Lipinski definition) is 2. The van der Waals surface area contributed by atoms with E-state index in [0.29, 0.717) is 5.75 Å². The van der Waals surface area contributed by atoms with Crippen molar-refractivity contribution in [2.75, 3.05) is 19.7 Å². The summed E-state index contributed by atoms with van der Waals surface area (Å²) in [4.78, 5) is 12.4. The van der Waals surface area contributed by atoms with Gasteiger partial charge in [-0.3, -0.25) is 4.79 Å². The highest BCUT2D eigenvalue weighted by Crippen LogP contribution is 2.19. The number of carbonyl (C=O) groups is 1. The third-order valence-corrected chi connectivity index (χ3v) is 2.79. The predicted molar refractivity (Wildman–Crippen MR) is 69.7 cm³/mol. The first-order chi connectivity index (χ1) is 9.23. The summed E-state index contributed by atoms with van der Waals surface area (Å²) in [6, 6.07) is 5.41. The largest absolute Gasteiger partial charge is 0.484 e. The first-order valence-corrected chi connectivity index (χ1v) is 6.27. The number of likely N-dealkylation sites (N-methyl/N-ethyl adjacent to an activating group) is 1. The fourth-order valence-corrected chi connectivity index (χ4v) is 1.78. The van der Waals surface area contributed by atoms with E-state index in [1.54, 1.807) is 6.07 Å². The van der Waals surface area contributed by atoms with Gasteiger partial charge in [0.2, 0.25) is 0 Å². The maximum absolute atomic E-state index is 12.3. The van der Waals surface area contributed by atoms with Crippen LogP contribution in [-0.2, 0) is 4.79 Å². The van der Waals surface area contributed by atoms with Gasteiger partial charge < -0.3 is 9.64 Å². The fraction of sp³-hybridized carbons (Fsp3) is 0.500. The molecule has 0 fully saturated rings. The molecule has 0 aliphatic heterocycles. The number of rotatable bonds is 5. The molecule has 1 rings (SSSR count). The summed E-state index contributed by atoms with van der Waals surface area (Å²) in [5.74, 6) is -0.170. The maximum Gasteiger partial charge on any atom is 0.406 e. The van der Waals surface area contributed by atoms with E-state index < -0.39 is 25.2 Å². The van der Waals surface area contributed by atoms with Crippen molar-refractivity contribution in [1.29, 1.82) is 0 Å². The van der Waals surface area contributed by atoms with Gasteiger partial charge >= 0.3 is 6.18 Å². The number of carbonyl (C=O) groups excluding carboxylic acids is 1. The average Bonchev–Trinajstić information content (AvgIpc) is 2.33. The number of amides is 1. The highest BCUT2D eigenvalue weighted by Gasteiger charge is 2.32. The van der Waals surface area contributed by atoms with Crippen molar-refractivity contribution in [2.45, 2.75) is 26.9 Å². The Balaban J connectivity index is 2.61. The Hall–Kier alpha value is -1.72. The first kappa shape index (κ1) is 16.3. The van der Waals surface area contributed by atoms with Crippen LogP contribution in [0.1, 0.15) is 18.1 Å². The quantitative estimate of drug-likeness (QED) is 0.833. The Morgan fingerprint density at radius 3 is 2.45 bits per heavy atom. The van der Waals surface area contributed by atoms with Crippen molar-refractivity contribution >= 4 is 5.91 Å². The zero-order valence-corrected chi connectivity index (χ0v) is 11.8. The molecule has 0 unspecified atom stereocenters. The predicted octanol–water partition coefficient (Wildman–Crippen LogP) is 3.09. The Kier molecular flexibility index (Phi) is 5.42. The summed E-state index contributed by atoms with van der Waals surface area (Å²) in [6.45, 7) is 3.59. The van der Waals surface area contributed by atoms with Crippen LogP contribution in [0.2, 0.25) is 0 Å². The highest BCUT2D eigenvalue weighted by atomic mass is 19.4. The van der Waals surface area contributed by atoms with Crippen LogP contribution in [0.3, 0.4) is 0 Å². The van der Waals surface area contributed by atoms with Crippen molar-refractivity contribution in [3.63, 3.8) is 0 Å². The molecular weight excluding hydrogens is 271 g/mol. The van der Waals surface area contributed by atoms with Gasteiger partial charge in [-0.15, -0.1) is 0 Å². The zero-order valence-electron chi connectivity index (χ0n) is 11.8. The molecule has 0 bridgehead atoms. The van der Waals surface area contributed by atoms with E-state index >= 15 is 0 Å². The molecule has 0 aliphatic rings. The van der Waals surface area contributed by atoms with Crippen LogP contribution in [0, 0.1) is 13.8 Å². The number of ether oxygens (including phenoxy) is 1. The summed E-state index contributed by atoms with van der Waals surface area (Å²) in [5.41, 5.74) is 1.89. The van der Waals surface area contributed by atoms with Crippen molar-refractivity contribution in [3.05, 3.63) is 29.3 Å². The Morgan fingerprint density at radius 2 is 1.95 bits per heavy atom. The minimum atomic E-state index is -4.40. The molecule has 0 N–H and O–H groups in total. The minimum Gasteiger partial charge on any atom is -0.484 e. The van der Waals surface area contributed by atoms with Gasteiger partial charge in [0.1, 0.15) is 12.3 Å². The molecule has 0 aliphatic carbocycles. The molecule has 0 aromatic heterocycles. The van der Waals surface area contributed by atoms with Crippen LogP contribution >= 0.6 is 0 Å². The fourth-order valence-electron chi connectivity index (χ4n) is 1.78. The topological polar surface area (TPSA) is 29.5 Å². The normalized spacial score (nSPS) is 11.3. The van der Waals surface area contributed by atoms with E-state index in [1.807, 2.05) is 26.0 Å². The standard InChI is InChI=1S/C14H18F3NO2/c1-4-18(9-14(15,16)17)13(19)8-20-12-6-5-10(2)7-11(12)3/h5-7H,4,8-9H2,1-3H3. The van der Waals surface area contributed by atoms with Crippen LogP contribution in [0.25, 0.3) is 0 Å². The molecule has 1 amide bonds. The summed E-state index contributed by atoms with van der Waals surface area (Å²) in [5, 5.41) is 0. The molecule has 112 valence electrons. The van der Waals surface area contributed by atoms with Gasteiger partial charge in [0, 0.05) is 6.54 Å². The van der Waals surface area contributed by atoms with Crippen LogP contribution in [0.4, 0.5) is 13.2 Å². The lowest BCUT2D eigenvalue weighted by atomic mass is 10.1. The second-order valence-electron chi connectivity index (χ2n) is 4.58. The van der Waals surface area contributed by atoms with Gasteiger partial charge in [0.15, 0.2) is 6.61 Å². The zero-order chi connectivity index (χ0) is 15.3. The third-order valence-electron chi connectivity index (χ3n) is 2.79. The maximum atomic E-state index is 12.3. The molecule has 1 aromatic rings. The first-order valence-electron chi connectivity index (χ1n) is 6.27. The molecule has 0 heterocycles. The van der Waals surface area contributed by atoms with Crippen LogP contribution in [0.5, 0.6) is 5.75 Å². The van der Waals surface area contributed by atoms with Crippen molar-refractivity contribution in [2.24, 2.45) is 0 Å². The van der Waals surface area contributed by atoms with Gasteiger partial charge in [-0.05, 0) is 32.4 Å². The van der Waals surface area contributed by atoms with Gasteiger partial charge in [-0.2, -0.15) is 13.2 Å². The molecule has 6 heteroatoms. The highest BCUT2D eigenvalue weighted by molar-refractivity contribution is 5.77. The number of aryl methyl sites for hydroxylation is 2. The summed E-state index contributed by atoms with van der Waals surface area (Å²) < 4.78 is 42.2.